The van der Waals surface area contributed by atoms with Crippen LogP contribution < -0.4 is 5.56 Å². The summed E-state index contributed by atoms with van der Waals surface area (Å²) in [6.45, 7) is 0. The molecule has 0 aliphatic heterocycles. The van der Waals surface area contributed by atoms with Crippen molar-refractivity contribution in [3.63, 3.8) is 0 Å². The maximum Gasteiger partial charge on any atom is 0.262 e. The van der Waals surface area contributed by atoms with Crippen LogP contribution in [0.15, 0.2) is 25.9 Å². The molecular weight excluding hydrogens is 308 g/mol. The lowest BCUT2D eigenvalue weighted by molar-refractivity contribution is 0.375. The molecular formula is C13H12N4O2S2. The number of hydrogen-bond donors (Lipinski definition) is 0. The van der Waals surface area contributed by atoms with Crippen molar-refractivity contribution < 1.29 is 4.52 Å². The van der Waals surface area contributed by atoms with E-state index in [1.165, 1.54) is 23.1 Å². The maximum atomic E-state index is 12.2. The predicted molar refractivity (Wildman–Crippen MR) is 80.7 cm³/mol. The minimum Gasteiger partial charge on any atom is -0.339 e. The molecule has 0 N–H and O–H groups in total. The zero-order chi connectivity index (χ0) is 14.4. The third-order valence-corrected chi connectivity index (χ3v) is 5.24. The Morgan fingerprint density at radius 3 is 3.14 bits per heavy atom. The molecule has 6 nitrogen and oxygen atoms in total. The number of nitrogens with zero attached hydrogens (tertiary/aromatic N) is 4. The van der Waals surface area contributed by atoms with Crippen molar-refractivity contribution >= 4 is 33.3 Å². The highest BCUT2D eigenvalue weighted by molar-refractivity contribution is 7.98. The fourth-order valence-electron chi connectivity index (χ4n) is 2.06. The molecule has 3 heterocycles. The summed E-state index contributed by atoms with van der Waals surface area (Å²) in [6, 6.07) is 1.81. The molecule has 8 heteroatoms. The number of hydrogen-bond acceptors (Lipinski definition) is 7. The lowest BCUT2D eigenvalue weighted by atomic mass is 10.4. The van der Waals surface area contributed by atoms with Gasteiger partial charge in [-0.2, -0.15) is 4.98 Å². The van der Waals surface area contributed by atoms with Crippen LogP contribution in [-0.2, 0) is 12.8 Å². The number of fused-ring (bicyclic) bond motifs is 1. The van der Waals surface area contributed by atoms with E-state index in [0.29, 0.717) is 28.0 Å². The summed E-state index contributed by atoms with van der Waals surface area (Å²) in [5.41, 5.74) is -0.0180. The van der Waals surface area contributed by atoms with Gasteiger partial charge in [-0.3, -0.25) is 9.36 Å². The second-order valence-corrected chi connectivity index (χ2v) is 6.85. The van der Waals surface area contributed by atoms with Gasteiger partial charge in [0.15, 0.2) is 11.0 Å². The van der Waals surface area contributed by atoms with E-state index in [0.717, 1.165) is 23.6 Å². The predicted octanol–water partition coefficient (Wildman–Crippen LogP) is 2.55. The Morgan fingerprint density at radius 1 is 1.48 bits per heavy atom. The highest BCUT2D eigenvalue weighted by Gasteiger charge is 2.29. The van der Waals surface area contributed by atoms with Crippen LogP contribution in [0.25, 0.3) is 10.2 Å². The molecule has 0 atom stereocenters. The third-order valence-electron chi connectivity index (χ3n) is 3.40. The zero-order valence-electron chi connectivity index (χ0n) is 11.3. The SMILES string of the molecule is Cn1c(SCc2noc(C3CC3)n2)nc2sccc2c1=O. The maximum absolute atomic E-state index is 12.2. The van der Waals surface area contributed by atoms with Gasteiger partial charge in [-0.1, -0.05) is 16.9 Å². The van der Waals surface area contributed by atoms with Crippen molar-refractivity contribution in [1.29, 1.82) is 0 Å². The third kappa shape index (κ3) is 2.38. The Bertz CT molecular complexity index is 863. The van der Waals surface area contributed by atoms with Crippen molar-refractivity contribution in [1.82, 2.24) is 19.7 Å². The Labute approximate surface area is 128 Å². The topological polar surface area (TPSA) is 73.8 Å². The molecule has 3 aromatic rings. The molecule has 0 spiro atoms. The number of rotatable bonds is 4. The molecule has 0 bridgehead atoms. The van der Waals surface area contributed by atoms with Gasteiger partial charge in [-0.15, -0.1) is 11.3 Å². The molecule has 1 fully saturated rings. The average molecular weight is 320 g/mol. The van der Waals surface area contributed by atoms with Gasteiger partial charge in [-0.05, 0) is 24.3 Å². The molecule has 0 radical (unpaired) electrons. The smallest absolute Gasteiger partial charge is 0.262 e. The van der Waals surface area contributed by atoms with Crippen molar-refractivity contribution in [3.8, 4) is 0 Å². The van der Waals surface area contributed by atoms with Gasteiger partial charge in [0.2, 0.25) is 5.89 Å². The Hall–Kier alpha value is -1.67. The monoisotopic (exact) mass is 320 g/mol. The largest absolute Gasteiger partial charge is 0.339 e. The summed E-state index contributed by atoms with van der Waals surface area (Å²) < 4.78 is 6.80. The van der Waals surface area contributed by atoms with E-state index in [9.17, 15) is 4.79 Å². The lowest BCUT2D eigenvalue weighted by Gasteiger charge is -2.05. The standard InChI is InChI=1S/C13H12N4O2S2/c1-17-12(18)8-4-5-20-11(8)15-13(17)21-6-9-14-10(19-16-9)7-2-3-7/h4-5,7H,2-3,6H2,1H3. The van der Waals surface area contributed by atoms with Gasteiger partial charge in [0.05, 0.1) is 11.1 Å². The summed E-state index contributed by atoms with van der Waals surface area (Å²) in [5, 5.41) is 7.20. The minimum absolute atomic E-state index is 0.0180. The molecule has 21 heavy (non-hydrogen) atoms. The van der Waals surface area contributed by atoms with Gasteiger partial charge in [0.1, 0.15) is 4.83 Å². The average Bonchev–Trinajstić information content (AvgIpc) is 3.04. The van der Waals surface area contributed by atoms with Crippen molar-refractivity contribution in [3.05, 3.63) is 33.5 Å². The molecule has 4 rings (SSSR count). The first-order valence-electron chi connectivity index (χ1n) is 6.62. The Balaban J connectivity index is 1.58. The van der Waals surface area contributed by atoms with Gasteiger partial charge in [-0.25, -0.2) is 4.98 Å². The molecule has 3 aromatic heterocycles. The van der Waals surface area contributed by atoms with E-state index in [1.54, 1.807) is 11.6 Å². The molecule has 1 aliphatic carbocycles. The molecule has 1 aliphatic rings. The van der Waals surface area contributed by atoms with E-state index in [2.05, 4.69) is 15.1 Å². The second kappa shape index (κ2) is 4.96. The fraction of sp³-hybridized carbons (Fsp3) is 0.385. The first kappa shape index (κ1) is 13.0. The van der Waals surface area contributed by atoms with E-state index in [1.807, 2.05) is 11.4 Å². The van der Waals surface area contributed by atoms with Crippen LogP contribution >= 0.6 is 23.1 Å². The molecule has 0 saturated heterocycles. The fourth-order valence-corrected chi connectivity index (χ4v) is 3.68. The second-order valence-electron chi connectivity index (χ2n) is 5.01. The van der Waals surface area contributed by atoms with Gasteiger partial charge in [0.25, 0.3) is 5.56 Å². The summed E-state index contributed by atoms with van der Waals surface area (Å²) in [4.78, 5) is 21.9. The molecule has 1 saturated carbocycles. The van der Waals surface area contributed by atoms with E-state index < -0.39 is 0 Å². The first-order valence-corrected chi connectivity index (χ1v) is 8.48. The Kier molecular flexibility index (Phi) is 3.07. The van der Waals surface area contributed by atoms with Crippen LogP contribution in [0, 0.1) is 0 Å². The quantitative estimate of drug-likeness (QED) is 0.543. The highest BCUT2D eigenvalue weighted by Crippen LogP contribution is 2.39. The van der Waals surface area contributed by atoms with E-state index in [-0.39, 0.29) is 5.56 Å². The molecule has 0 unspecified atom stereocenters. The lowest BCUT2D eigenvalue weighted by Crippen LogP contribution is -2.19. The molecule has 0 aromatic carbocycles. The van der Waals surface area contributed by atoms with Crippen molar-refractivity contribution in [2.24, 2.45) is 7.05 Å². The summed E-state index contributed by atoms with van der Waals surface area (Å²) >= 11 is 2.93. The van der Waals surface area contributed by atoms with Crippen LogP contribution in [-0.4, -0.2) is 19.7 Å². The molecule has 0 amide bonds. The number of aromatic nitrogens is 4. The summed E-state index contributed by atoms with van der Waals surface area (Å²) in [5.74, 6) is 2.40. The first-order chi connectivity index (χ1) is 10.2. The van der Waals surface area contributed by atoms with Gasteiger partial charge < -0.3 is 4.52 Å². The van der Waals surface area contributed by atoms with Gasteiger partial charge >= 0.3 is 0 Å². The number of thiophene rings is 1. The summed E-state index contributed by atoms with van der Waals surface area (Å²) in [6.07, 6.45) is 2.28. The van der Waals surface area contributed by atoms with E-state index >= 15 is 0 Å². The Morgan fingerprint density at radius 2 is 2.33 bits per heavy atom. The minimum atomic E-state index is -0.0180. The van der Waals surface area contributed by atoms with Crippen LogP contribution in [0.3, 0.4) is 0 Å². The van der Waals surface area contributed by atoms with Crippen LogP contribution in [0.4, 0.5) is 0 Å². The number of thioether (sulfide) groups is 1. The van der Waals surface area contributed by atoms with Crippen LogP contribution in [0.1, 0.15) is 30.5 Å². The van der Waals surface area contributed by atoms with Crippen LogP contribution in [0.5, 0.6) is 0 Å². The normalized spacial score (nSPS) is 14.9. The van der Waals surface area contributed by atoms with E-state index in [4.69, 9.17) is 4.52 Å². The van der Waals surface area contributed by atoms with Gasteiger partial charge in [0, 0.05) is 13.0 Å². The van der Waals surface area contributed by atoms with Crippen molar-refractivity contribution in [2.45, 2.75) is 29.7 Å². The highest BCUT2D eigenvalue weighted by atomic mass is 32.2. The molecule has 108 valence electrons. The zero-order valence-corrected chi connectivity index (χ0v) is 12.9. The van der Waals surface area contributed by atoms with Crippen molar-refractivity contribution in [2.75, 3.05) is 0 Å². The summed E-state index contributed by atoms with van der Waals surface area (Å²) in [7, 11) is 1.74. The van der Waals surface area contributed by atoms with Crippen LogP contribution in [0.2, 0.25) is 0 Å².